The number of furan rings is 1. The van der Waals surface area contributed by atoms with Crippen molar-refractivity contribution in [1.82, 2.24) is 10.2 Å². The van der Waals surface area contributed by atoms with Crippen LogP contribution in [0.25, 0.3) is 0 Å². The molecule has 1 aromatic carbocycles. The minimum absolute atomic E-state index is 0.0219. The third kappa shape index (κ3) is 5.02. The van der Waals surface area contributed by atoms with Gasteiger partial charge in [-0.25, -0.2) is 0 Å². The van der Waals surface area contributed by atoms with E-state index in [2.05, 4.69) is 10.2 Å². The van der Waals surface area contributed by atoms with Crippen molar-refractivity contribution in [3.8, 4) is 5.75 Å². The maximum atomic E-state index is 12.2. The lowest BCUT2D eigenvalue weighted by atomic mass is 10.1. The third-order valence-electron chi connectivity index (χ3n) is 4.69. The zero-order chi connectivity index (χ0) is 18.4. The molecule has 3 rings (SSSR count). The van der Waals surface area contributed by atoms with Crippen molar-refractivity contribution in [1.29, 1.82) is 0 Å². The van der Waals surface area contributed by atoms with E-state index in [0.717, 1.165) is 24.4 Å². The molecule has 2 heterocycles. The Bertz CT molecular complexity index is 712. The Morgan fingerprint density at radius 2 is 2.12 bits per heavy atom. The van der Waals surface area contributed by atoms with Crippen LogP contribution in [-0.2, 0) is 4.79 Å². The highest BCUT2D eigenvalue weighted by atomic mass is 35.5. The summed E-state index contributed by atoms with van der Waals surface area (Å²) in [4.78, 5) is 14.6. The first-order valence-electron chi connectivity index (χ1n) is 9.06. The number of halogens is 1. The van der Waals surface area contributed by atoms with Crippen LogP contribution in [0.1, 0.15) is 36.6 Å². The van der Waals surface area contributed by atoms with E-state index in [9.17, 15) is 4.79 Å². The first kappa shape index (κ1) is 18.8. The van der Waals surface area contributed by atoms with Crippen LogP contribution in [0.15, 0.2) is 41.0 Å². The van der Waals surface area contributed by atoms with Gasteiger partial charge in [-0.1, -0.05) is 18.0 Å². The minimum Gasteiger partial charge on any atom is -0.484 e. The molecule has 1 aliphatic rings. The van der Waals surface area contributed by atoms with Crippen molar-refractivity contribution >= 4 is 17.5 Å². The number of nitrogens with zero attached hydrogens (tertiary/aromatic N) is 1. The number of carbonyl (C=O) groups is 1. The highest BCUT2D eigenvalue weighted by molar-refractivity contribution is 6.31. The predicted molar refractivity (Wildman–Crippen MR) is 102 cm³/mol. The van der Waals surface area contributed by atoms with Crippen molar-refractivity contribution in [2.24, 2.45) is 0 Å². The highest BCUT2D eigenvalue weighted by Gasteiger charge is 2.24. The number of hydrogen-bond donors (Lipinski definition) is 1. The van der Waals surface area contributed by atoms with Crippen molar-refractivity contribution in [2.75, 3.05) is 26.2 Å². The van der Waals surface area contributed by atoms with Crippen LogP contribution >= 0.6 is 11.6 Å². The molecule has 1 aliphatic heterocycles. The molecule has 1 saturated heterocycles. The number of piperidine rings is 1. The molecule has 0 bridgehead atoms. The molecular formula is C20H25ClN2O3. The van der Waals surface area contributed by atoms with Crippen LogP contribution in [0.4, 0.5) is 0 Å². The number of benzene rings is 1. The average Bonchev–Trinajstić information content (AvgIpc) is 3.18. The largest absolute Gasteiger partial charge is 0.484 e. The van der Waals surface area contributed by atoms with Crippen LogP contribution in [-0.4, -0.2) is 37.0 Å². The van der Waals surface area contributed by atoms with Gasteiger partial charge in [-0.2, -0.15) is 0 Å². The fourth-order valence-corrected chi connectivity index (χ4v) is 3.36. The van der Waals surface area contributed by atoms with Gasteiger partial charge in [0.2, 0.25) is 0 Å². The standard InChI is InChI=1S/C20H25ClN2O3/c1-15-12-16(7-8-17(15)21)26-14-20(24)22-13-18(19-6-5-11-25-19)23-9-3-2-4-10-23/h5-8,11-12,18H,2-4,9-10,13-14H2,1H3,(H,22,24)/t18-/m1/s1. The molecule has 1 atom stereocenters. The van der Waals surface area contributed by atoms with E-state index in [1.165, 1.54) is 19.3 Å². The number of carbonyl (C=O) groups excluding carboxylic acids is 1. The van der Waals surface area contributed by atoms with Crippen LogP contribution in [0.2, 0.25) is 5.02 Å². The summed E-state index contributed by atoms with van der Waals surface area (Å²) in [5, 5.41) is 3.66. The van der Waals surface area contributed by atoms with Crippen LogP contribution in [0, 0.1) is 6.92 Å². The molecule has 1 fully saturated rings. The SMILES string of the molecule is Cc1cc(OCC(=O)NC[C@H](c2ccco2)N2CCCCC2)ccc1Cl. The molecular weight excluding hydrogens is 352 g/mol. The summed E-state index contributed by atoms with van der Waals surface area (Å²) in [5.41, 5.74) is 0.924. The first-order valence-corrected chi connectivity index (χ1v) is 9.44. The summed E-state index contributed by atoms with van der Waals surface area (Å²) in [6.07, 6.45) is 5.32. The summed E-state index contributed by atoms with van der Waals surface area (Å²) in [5.74, 6) is 1.38. The number of rotatable bonds is 7. The second-order valence-electron chi connectivity index (χ2n) is 6.63. The Morgan fingerprint density at radius 1 is 1.31 bits per heavy atom. The van der Waals surface area contributed by atoms with Gasteiger partial charge in [-0.15, -0.1) is 0 Å². The predicted octanol–water partition coefficient (Wildman–Crippen LogP) is 3.96. The fraction of sp³-hybridized carbons (Fsp3) is 0.450. The maximum absolute atomic E-state index is 12.2. The minimum atomic E-state index is -0.147. The van der Waals surface area contributed by atoms with E-state index < -0.39 is 0 Å². The summed E-state index contributed by atoms with van der Waals surface area (Å²) in [6, 6.07) is 9.29. The lowest BCUT2D eigenvalue weighted by molar-refractivity contribution is -0.123. The highest BCUT2D eigenvalue weighted by Crippen LogP contribution is 2.24. The van der Waals surface area contributed by atoms with Gasteiger partial charge in [0.25, 0.3) is 5.91 Å². The van der Waals surface area contributed by atoms with E-state index in [0.29, 0.717) is 17.3 Å². The number of aryl methyl sites for hydroxylation is 1. The lowest BCUT2D eigenvalue weighted by Gasteiger charge is -2.33. The molecule has 1 N–H and O–H groups in total. The van der Waals surface area contributed by atoms with Crippen LogP contribution < -0.4 is 10.1 Å². The Morgan fingerprint density at radius 3 is 2.81 bits per heavy atom. The zero-order valence-corrected chi connectivity index (χ0v) is 15.8. The summed E-state index contributed by atoms with van der Waals surface area (Å²) >= 11 is 6.00. The molecule has 140 valence electrons. The summed E-state index contributed by atoms with van der Waals surface area (Å²) in [6.45, 7) is 4.45. The second kappa shape index (κ2) is 9.10. The van der Waals surface area contributed by atoms with E-state index >= 15 is 0 Å². The van der Waals surface area contributed by atoms with Crippen molar-refractivity contribution in [3.63, 3.8) is 0 Å². The van der Waals surface area contributed by atoms with E-state index in [1.54, 1.807) is 18.4 Å². The smallest absolute Gasteiger partial charge is 0.258 e. The Hall–Kier alpha value is -1.98. The van der Waals surface area contributed by atoms with E-state index in [-0.39, 0.29) is 18.6 Å². The Kier molecular flexibility index (Phi) is 6.58. The maximum Gasteiger partial charge on any atom is 0.258 e. The molecule has 5 nitrogen and oxygen atoms in total. The normalized spacial score (nSPS) is 16.2. The molecule has 0 spiro atoms. The Labute approximate surface area is 159 Å². The summed E-state index contributed by atoms with van der Waals surface area (Å²) in [7, 11) is 0. The lowest BCUT2D eigenvalue weighted by Crippen LogP contribution is -2.41. The van der Waals surface area contributed by atoms with Crippen molar-refractivity contribution in [2.45, 2.75) is 32.2 Å². The number of amides is 1. The van der Waals surface area contributed by atoms with Crippen molar-refractivity contribution in [3.05, 3.63) is 52.9 Å². The molecule has 1 aromatic heterocycles. The monoisotopic (exact) mass is 376 g/mol. The topological polar surface area (TPSA) is 54.7 Å². The number of likely N-dealkylation sites (tertiary alicyclic amines) is 1. The van der Waals surface area contributed by atoms with Gasteiger partial charge in [0.05, 0.1) is 12.3 Å². The van der Waals surface area contributed by atoms with Gasteiger partial charge in [0.1, 0.15) is 11.5 Å². The first-order chi connectivity index (χ1) is 12.6. The van der Waals surface area contributed by atoms with E-state index in [1.807, 2.05) is 25.1 Å². The number of hydrogen-bond acceptors (Lipinski definition) is 4. The second-order valence-corrected chi connectivity index (χ2v) is 7.04. The van der Waals surface area contributed by atoms with Gasteiger partial charge < -0.3 is 14.5 Å². The molecule has 0 radical (unpaired) electrons. The van der Waals surface area contributed by atoms with Gasteiger partial charge in [0, 0.05) is 11.6 Å². The van der Waals surface area contributed by atoms with Gasteiger partial charge >= 0.3 is 0 Å². The van der Waals surface area contributed by atoms with Crippen LogP contribution in [0.5, 0.6) is 5.75 Å². The average molecular weight is 377 g/mol. The molecule has 6 heteroatoms. The number of ether oxygens (including phenoxy) is 1. The van der Waals surface area contributed by atoms with Gasteiger partial charge in [-0.3, -0.25) is 9.69 Å². The fourth-order valence-electron chi connectivity index (χ4n) is 3.24. The van der Waals surface area contributed by atoms with Crippen LogP contribution in [0.3, 0.4) is 0 Å². The summed E-state index contributed by atoms with van der Waals surface area (Å²) < 4.78 is 11.2. The van der Waals surface area contributed by atoms with Gasteiger partial charge in [-0.05, 0) is 68.8 Å². The van der Waals surface area contributed by atoms with E-state index in [4.69, 9.17) is 20.8 Å². The van der Waals surface area contributed by atoms with Crippen molar-refractivity contribution < 1.29 is 13.9 Å². The Balaban J connectivity index is 1.52. The zero-order valence-electron chi connectivity index (χ0n) is 15.0. The molecule has 0 aliphatic carbocycles. The third-order valence-corrected chi connectivity index (χ3v) is 5.12. The number of nitrogens with one attached hydrogen (secondary N) is 1. The molecule has 1 amide bonds. The molecule has 26 heavy (non-hydrogen) atoms. The molecule has 2 aromatic rings. The molecule has 0 saturated carbocycles. The quantitative estimate of drug-likeness (QED) is 0.794. The molecule has 0 unspecified atom stereocenters. The van der Waals surface area contributed by atoms with Gasteiger partial charge in [0.15, 0.2) is 6.61 Å².